The van der Waals surface area contributed by atoms with E-state index in [1.54, 1.807) is 0 Å². The summed E-state index contributed by atoms with van der Waals surface area (Å²) in [5.74, 6) is 0.894. The van der Waals surface area contributed by atoms with Crippen LogP contribution in [0.1, 0.15) is 36.4 Å². The van der Waals surface area contributed by atoms with E-state index < -0.39 is 0 Å². The van der Waals surface area contributed by atoms with Crippen LogP contribution in [0, 0.1) is 5.92 Å². The van der Waals surface area contributed by atoms with Gasteiger partial charge in [0.2, 0.25) is 5.91 Å². The van der Waals surface area contributed by atoms with Gasteiger partial charge in [0.25, 0.3) is 0 Å². The lowest BCUT2D eigenvalue weighted by molar-refractivity contribution is -0.134. The minimum Gasteiger partial charge on any atom is -0.341 e. The van der Waals surface area contributed by atoms with E-state index in [4.69, 9.17) is 11.6 Å². The summed E-state index contributed by atoms with van der Waals surface area (Å²) in [6.07, 6.45) is 4.05. The Balaban J connectivity index is 1.28. The minimum atomic E-state index is -0.156. The maximum atomic E-state index is 12.9. The molecule has 5 heteroatoms. The summed E-state index contributed by atoms with van der Waals surface area (Å²) in [6.45, 7) is 1.72. The highest BCUT2D eigenvalue weighted by atomic mass is 35.5. The molecular weight excluding hydrogens is 358 g/mol. The Bertz CT molecular complexity index is 757. The summed E-state index contributed by atoms with van der Waals surface area (Å²) in [5.41, 5.74) is 9.01. The molecule has 2 unspecified atom stereocenters. The Morgan fingerprint density at radius 1 is 1.00 bits per heavy atom. The second kappa shape index (κ2) is 8.42. The van der Waals surface area contributed by atoms with Crippen LogP contribution >= 0.6 is 11.6 Å². The van der Waals surface area contributed by atoms with E-state index >= 15 is 0 Å². The molecule has 1 amide bonds. The number of hydrazine groups is 1. The number of nitrogens with one attached hydrogen (secondary N) is 2. The topological polar surface area (TPSA) is 44.4 Å². The van der Waals surface area contributed by atoms with E-state index in [1.165, 1.54) is 5.56 Å². The average molecular weight is 384 g/mol. The minimum absolute atomic E-state index is 0.145. The number of benzene rings is 2. The lowest BCUT2D eigenvalue weighted by Crippen LogP contribution is -2.48. The second-order valence-electron chi connectivity index (χ2n) is 7.64. The van der Waals surface area contributed by atoms with Crippen molar-refractivity contribution in [3.8, 4) is 0 Å². The molecular formula is C22H26ClN3O. The van der Waals surface area contributed by atoms with Crippen LogP contribution in [-0.2, 0) is 11.2 Å². The van der Waals surface area contributed by atoms with Crippen molar-refractivity contribution in [1.82, 2.24) is 15.8 Å². The fraction of sp³-hybridized carbons (Fsp3) is 0.409. The maximum absolute atomic E-state index is 12.9. The maximum Gasteiger partial charge on any atom is 0.241 e. The van der Waals surface area contributed by atoms with E-state index in [2.05, 4.69) is 41.2 Å². The lowest BCUT2D eigenvalue weighted by Gasteiger charge is -2.33. The summed E-state index contributed by atoms with van der Waals surface area (Å²) in [6, 6.07) is 18.5. The molecule has 2 fully saturated rings. The third kappa shape index (κ3) is 4.52. The van der Waals surface area contributed by atoms with Gasteiger partial charge in [0.1, 0.15) is 6.04 Å². The van der Waals surface area contributed by atoms with Crippen LogP contribution in [0.25, 0.3) is 0 Å². The first-order chi connectivity index (χ1) is 13.2. The van der Waals surface area contributed by atoms with Gasteiger partial charge in [-0.2, -0.15) is 0 Å². The van der Waals surface area contributed by atoms with Crippen LogP contribution in [0.4, 0.5) is 0 Å². The summed E-state index contributed by atoms with van der Waals surface area (Å²) in [5, 5.41) is 0.732. The van der Waals surface area contributed by atoms with Gasteiger partial charge in [-0.1, -0.05) is 54.1 Å². The molecule has 2 saturated heterocycles. The standard InChI is InChI=1S/C22H26ClN3O/c23-19-8-6-18(7-9-19)20-15-21(25-24-20)22(27)26-12-10-17(11-13-26)14-16-4-2-1-3-5-16/h1-9,17,20-21,24-25H,10-15H2. The van der Waals surface area contributed by atoms with Gasteiger partial charge in [-0.3, -0.25) is 4.79 Å². The molecule has 0 radical (unpaired) electrons. The molecule has 2 aliphatic heterocycles. The number of carbonyl (C=O) groups excluding carboxylic acids is 1. The highest BCUT2D eigenvalue weighted by Crippen LogP contribution is 2.26. The first kappa shape index (κ1) is 18.5. The zero-order chi connectivity index (χ0) is 18.6. The molecule has 2 atom stereocenters. The summed E-state index contributed by atoms with van der Waals surface area (Å²) in [7, 11) is 0. The average Bonchev–Trinajstić information content (AvgIpc) is 3.20. The van der Waals surface area contributed by atoms with Gasteiger partial charge in [0.05, 0.1) is 0 Å². The largest absolute Gasteiger partial charge is 0.341 e. The van der Waals surface area contributed by atoms with Crippen molar-refractivity contribution >= 4 is 17.5 Å². The normalized spacial score (nSPS) is 23.5. The molecule has 2 heterocycles. The van der Waals surface area contributed by atoms with E-state index in [9.17, 15) is 4.79 Å². The number of nitrogens with zero attached hydrogens (tertiary/aromatic N) is 1. The number of carbonyl (C=O) groups is 1. The predicted octanol–water partition coefficient (Wildman–Crippen LogP) is 3.73. The van der Waals surface area contributed by atoms with Crippen LogP contribution in [0.2, 0.25) is 5.02 Å². The zero-order valence-electron chi connectivity index (χ0n) is 15.4. The van der Waals surface area contributed by atoms with Crippen molar-refractivity contribution in [2.45, 2.75) is 37.8 Å². The SMILES string of the molecule is O=C(C1CC(c2ccc(Cl)cc2)NN1)N1CCC(Cc2ccccc2)CC1. The number of rotatable bonds is 4. The predicted molar refractivity (Wildman–Crippen MR) is 108 cm³/mol. The highest BCUT2D eigenvalue weighted by molar-refractivity contribution is 6.30. The highest BCUT2D eigenvalue weighted by Gasteiger charge is 2.34. The van der Waals surface area contributed by atoms with Gasteiger partial charge in [-0.15, -0.1) is 0 Å². The number of likely N-dealkylation sites (tertiary alicyclic amines) is 1. The third-order valence-corrected chi connectivity index (χ3v) is 6.02. The van der Waals surface area contributed by atoms with Crippen molar-refractivity contribution in [2.75, 3.05) is 13.1 Å². The van der Waals surface area contributed by atoms with Crippen molar-refractivity contribution in [3.63, 3.8) is 0 Å². The Morgan fingerprint density at radius 3 is 2.41 bits per heavy atom. The van der Waals surface area contributed by atoms with Crippen molar-refractivity contribution in [1.29, 1.82) is 0 Å². The molecule has 4 rings (SSSR count). The molecule has 0 saturated carbocycles. The van der Waals surface area contributed by atoms with E-state index in [-0.39, 0.29) is 18.0 Å². The van der Waals surface area contributed by atoms with E-state index in [0.717, 1.165) is 49.4 Å². The van der Waals surface area contributed by atoms with Crippen molar-refractivity contribution in [2.24, 2.45) is 5.92 Å². The number of hydrogen-bond donors (Lipinski definition) is 2. The Morgan fingerprint density at radius 2 is 1.70 bits per heavy atom. The van der Waals surface area contributed by atoms with Crippen molar-refractivity contribution < 1.29 is 4.79 Å². The summed E-state index contributed by atoms with van der Waals surface area (Å²) in [4.78, 5) is 14.9. The Kier molecular flexibility index (Phi) is 5.77. The molecule has 27 heavy (non-hydrogen) atoms. The first-order valence-electron chi connectivity index (χ1n) is 9.78. The molecule has 0 bridgehead atoms. The van der Waals surface area contributed by atoms with Gasteiger partial charge in [-0.25, -0.2) is 10.9 Å². The molecule has 2 aromatic carbocycles. The molecule has 0 aromatic heterocycles. The monoisotopic (exact) mass is 383 g/mol. The molecule has 2 aromatic rings. The van der Waals surface area contributed by atoms with Gasteiger partial charge in [0.15, 0.2) is 0 Å². The molecule has 0 spiro atoms. The molecule has 2 aliphatic rings. The summed E-state index contributed by atoms with van der Waals surface area (Å²) < 4.78 is 0. The Hall–Kier alpha value is -1.88. The molecule has 2 N–H and O–H groups in total. The quantitative estimate of drug-likeness (QED) is 0.845. The lowest BCUT2D eigenvalue weighted by atomic mass is 9.90. The first-order valence-corrected chi connectivity index (χ1v) is 10.2. The number of piperidine rings is 1. The van der Waals surface area contributed by atoms with Crippen LogP contribution in [0.3, 0.4) is 0 Å². The number of amides is 1. The van der Waals surface area contributed by atoms with E-state index in [1.807, 2.05) is 29.2 Å². The van der Waals surface area contributed by atoms with Crippen molar-refractivity contribution in [3.05, 3.63) is 70.7 Å². The van der Waals surface area contributed by atoms with Crippen LogP contribution in [0.5, 0.6) is 0 Å². The molecule has 0 aliphatic carbocycles. The second-order valence-corrected chi connectivity index (χ2v) is 8.08. The van der Waals surface area contributed by atoms with Gasteiger partial charge in [0, 0.05) is 24.2 Å². The smallest absolute Gasteiger partial charge is 0.241 e. The number of halogens is 1. The van der Waals surface area contributed by atoms with E-state index in [0.29, 0.717) is 5.92 Å². The van der Waals surface area contributed by atoms with Gasteiger partial charge in [-0.05, 0) is 54.9 Å². The number of hydrogen-bond acceptors (Lipinski definition) is 3. The molecule has 4 nitrogen and oxygen atoms in total. The zero-order valence-corrected chi connectivity index (χ0v) is 16.2. The summed E-state index contributed by atoms with van der Waals surface area (Å²) >= 11 is 5.96. The molecule has 142 valence electrons. The fourth-order valence-electron chi connectivity index (χ4n) is 4.16. The van der Waals surface area contributed by atoms with Crippen LogP contribution in [0.15, 0.2) is 54.6 Å². The fourth-order valence-corrected chi connectivity index (χ4v) is 4.28. The Labute approximate surface area is 165 Å². The van der Waals surface area contributed by atoms with Crippen LogP contribution in [-0.4, -0.2) is 29.9 Å². The van der Waals surface area contributed by atoms with Gasteiger partial charge >= 0.3 is 0 Å². The van der Waals surface area contributed by atoms with Crippen LogP contribution < -0.4 is 10.9 Å². The van der Waals surface area contributed by atoms with Gasteiger partial charge < -0.3 is 4.90 Å². The third-order valence-electron chi connectivity index (χ3n) is 5.77.